The molecule has 0 saturated carbocycles. The van der Waals surface area contributed by atoms with Crippen LogP contribution in [0, 0.1) is 6.92 Å². The second kappa shape index (κ2) is 9.16. The number of benzene rings is 2. The number of hydrogen-bond acceptors (Lipinski definition) is 6. The van der Waals surface area contributed by atoms with Gasteiger partial charge >= 0.3 is 0 Å². The van der Waals surface area contributed by atoms with Crippen molar-refractivity contribution in [3.8, 4) is 17.0 Å². The van der Waals surface area contributed by atoms with E-state index in [0.29, 0.717) is 44.5 Å². The monoisotopic (exact) mass is 450 g/mol. The molecule has 0 fully saturated rings. The molecule has 0 spiro atoms. The van der Waals surface area contributed by atoms with E-state index >= 15 is 0 Å². The highest BCUT2D eigenvalue weighted by atomic mass is 35.5. The van der Waals surface area contributed by atoms with Gasteiger partial charge in [0.2, 0.25) is 0 Å². The van der Waals surface area contributed by atoms with Crippen LogP contribution in [0.1, 0.15) is 20.8 Å². The van der Waals surface area contributed by atoms with Crippen LogP contribution in [0.15, 0.2) is 66.9 Å². The van der Waals surface area contributed by atoms with Crippen LogP contribution < -0.4 is 15.8 Å². The summed E-state index contributed by atoms with van der Waals surface area (Å²) in [6.45, 7) is 2.31. The molecule has 31 heavy (non-hydrogen) atoms. The minimum absolute atomic E-state index is 0.321. The standard InChI is InChI=1S/C23H19ClN4O2S/c1-14-7-5-10-16(24)18(14)19-20(21(25)29)31-23(27-19)28-22-17(11-6-12-26-22)30-13-15-8-3-2-4-9-15/h2-12H,13H2,1H3,(H2,25,29)(H,26,27,28). The lowest BCUT2D eigenvalue weighted by molar-refractivity contribution is 0.100. The molecule has 0 aliphatic carbocycles. The molecule has 4 rings (SSSR count). The van der Waals surface area contributed by atoms with Gasteiger partial charge in [-0.1, -0.05) is 65.4 Å². The van der Waals surface area contributed by atoms with Crippen molar-refractivity contribution < 1.29 is 9.53 Å². The number of amides is 1. The zero-order valence-corrected chi connectivity index (χ0v) is 18.2. The van der Waals surface area contributed by atoms with Crippen LogP contribution in [0.5, 0.6) is 5.75 Å². The molecular weight excluding hydrogens is 432 g/mol. The lowest BCUT2D eigenvalue weighted by Crippen LogP contribution is -2.10. The molecule has 2 aromatic heterocycles. The maximum Gasteiger partial charge on any atom is 0.261 e. The molecular formula is C23H19ClN4O2S. The number of nitrogens with one attached hydrogen (secondary N) is 1. The van der Waals surface area contributed by atoms with Crippen LogP contribution in [-0.4, -0.2) is 15.9 Å². The summed E-state index contributed by atoms with van der Waals surface area (Å²) in [6, 6.07) is 19.0. The Morgan fingerprint density at radius 2 is 1.94 bits per heavy atom. The minimum atomic E-state index is -0.568. The third-order valence-electron chi connectivity index (χ3n) is 4.54. The average molecular weight is 451 g/mol. The molecule has 0 saturated heterocycles. The highest BCUT2D eigenvalue weighted by molar-refractivity contribution is 7.18. The minimum Gasteiger partial charge on any atom is -0.485 e. The van der Waals surface area contributed by atoms with Crippen molar-refractivity contribution >= 4 is 39.8 Å². The van der Waals surface area contributed by atoms with Crippen LogP contribution in [0.2, 0.25) is 5.02 Å². The van der Waals surface area contributed by atoms with Crippen LogP contribution in [0.4, 0.5) is 10.9 Å². The number of carbonyl (C=O) groups is 1. The van der Waals surface area contributed by atoms with Gasteiger partial charge in [-0.05, 0) is 36.2 Å². The highest BCUT2D eigenvalue weighted by Crippen LogP contribution is 2.38. The van der Waals surface area contributed by atoms with E-state index in [4.69, 9.17) is 22.1 Å². The number of nitrogens with zero attached hydrogens (tertiary/aromatic N) is 2. The molecule has 2 aromatic carbocycles. The number of pyridine rings is 1. The number of hydrogen-bond donors (Lipinski definition) is 2. The Balaban J connectivity index is 1.64. The average Bonchev–Trinajstić information content (AvgIpc) is 3.17. The fraction of sp³-hybridized carbons (Fsp3) is 0.0870. The second-order valence-electron chi connectivity index (χ2n) is 6.74. The summed E-state index contributed by atoms with van der Waals surface area (Å²) >= 11 is 7.54. The smallest absolute Gasteiger partial charge is 0.261 e. The van der Waals surface area contributed by atoms with E-state index in [9.17, 15) is 4.79 Å². The first-order chi connectivity index (χ1) is 15.0. The summed E-state index contributed by atoms with van der Waals surface area (Å²) < 4.78 is 5.94. The largest absolute Gasteiger partial charge is 0.485 e. The number of ether oxygens (including phenoxy) is 1. The first-order valence-corrected chi connectivity index (χ1v) is 10.7. The van der Waals surface area contributed by atoms with Crippen LogP contribution in [-0.2, 0) is 6.61 Å². The number of primary amides is 1. The molecule has 6 nitrogen and oxygen atoms in total. The summed E-state index contributed by atoms with van der Waals surface area (Å²) in [4.78, 5) is 21.4. The van der Waals surface area contributed by atoms with Crippen LogP contribution in [0.3, 0.4) is 0 Å². The summed E-state index contributed by atoms with van der Waals surface area (Å²) in [7, 11) is 0. The van der Waals surface area contributed by atoms with Crippen molar-refractivity contribution in [3.63, 3.8) is 0 Å². The Labute approximate surface area is 188 Å². The molecule has 0 aliphatic heterocycles. The first kappa shape index (κ1) is 20.8. The third kappa shape index (κ3) is 4.68. The quantitative estimate of drug-likeness (QED) is 0.383. The maximum atomic E-state index is 12.1. The predicted molar refractivity (Wildman–Crippen MR) is 124 cm³/mol. The van der Waals surface area contributed by atoms with Gasteiger partial charge in [0.15, 0.2) is 16.7 Å². The first-order valence-electron chi connectivity index (χ1n) is 9.48. The molecule has 2 heterocycles. The van der Waals surface area contributed by atoms with E-state index < -0.39 is 5.91 Å². The Bertz CT molecular complexity index is 1210. The number of halogens is 1. The number of rotatable bonds is 7. The van der Waals surface area contributed by atoms with Gasteiger partial charge < -0.3 is 15.8 Å². The lowest BCUT2D eigenvalue weighted by atomic mass is 10.0. The fourth-order valence-electron chi connectivity index (χ4n) is 3.08. The van der Waals surface area contributed by atoms with Crippen molar-refractivity contribution in [1.29, 1.82) is 0 Å². The molecule has 3 N–H and O–H groups in total. The van der Waals surface area contributed by atoms with Crippen LogP contribution in [0.25, 0.3) is 11.3 Å². The van der Waals surface area contributed by atoms with Crippen molar-refractivity contribution in [2.24, 2.45) is 5.73 Å². The zero-order valence-electron chi connectivity index (χ0n) is 16.6. The molecule has 0 atom stereocenters. The number of anilines is 2. The zero-order chi connectivity index (χ0) is 21.8. The van der Waals surface area contributed by atoms with Gasteiger partial charge in [-0.2, -0.15) is 0 Å². The number of aryl methyl sites for hydroxylation is 1. The lowest BCUT2D eigenvalue weighted by Gasteiger charge is -2.11. The maximum absolute atomic E-state index is 12.1. The molecule has 8 heteroatoms. The van der Waals surface area contributed by atoms with Gasteiger partial charge in [-0.15, -0.1) is 0 Å². The number of aromatic nitrogens is 2. The Kier molecular flexibility index (Phi) is 6.16. The van der Waals surface area contributed by atoms with Crippen LogP contribution >= 0.6 is 22.9 Å². The Morgan fingerprint density at radius 1 is 1.13 bits per heavy atom. The molecule has 4 aromatic rings. The summed E-state index contributed by atoms with van der Waals surface area (Å²) in [5.74, 6) is 0.490. The van der Waals surface area contributed by atoms with Gasteiger partial charge in [0.1, 0.15) is 11.5 Å². The van der Waals surface area contributed by atoms with E-state index in [1.165, 1.54) is 0 Å². The molecule has 0 unspecified atom stereocenters. The fourth-order valence-corrected chi connectivity index (χ4v) is 4.21. The summed E-state index contributed by atoms with van der Waals surface area (Å²) in [5.41, 5.74) is 8.70. The number of nitrogens with two attached hydrogens (primary N) is 1. The van der Waals surface area contributed by atoms with Gasteiger partial charge in [0.25, 0.3) is 5.91 Å². The van der Waals surface area contributed by atoms with E-state index in [-0.39, 0.29) is 0 Å². The van der Waals surface area contributed by atoms with E-state index in [1.807, 2.05) is 55.5 Å². The second-order valence-corrected chi connectivity index (χ2v) is 8.15. The third-order valence-corrected chi connectivity index (χ3v) is 5.84. The van der Waals surface area contributed by atoms with E-state index in [1.54, 1.807) is 18.3 Å². The van der Waals surface area contributed by atoms with Crippen molar-refractivity contribution in [1.82, 2.24) is 9.97 Å². The van der Waals surface area contributed by atoms with Gasteiger partial charge in [0.05, 0.1) is 10.7 Å². The van der Waals surface area contributed by atoms with Crippen molar-refractivity contribution in [2.75, 3.05) is 5.32 Å². The van der Waals surface area contributed by atoms with Crippen molar-refractivity contribution in [3.05, 3.63) is 87.9 Å². The predicted octanol–water partition coefficient (Wildman–Crippen LogP) is 5.59. The molecule has 0 aliphatic rings. The Morgan fingerprint density at radius 3 is 2.68 bits per heavy atom. The van der Waals surface area contributed by atoms with Crippen molar-refractivity contribution in [2.45, 2.75) is 13.5 Å². The SMILES string of the molecule is Cc1cccc(Cl)c1-c1nc(Nc2ncccc2OCc2ccccc2)sc1C(N)=O. The number of carbonyl (C=O) groups excluding carboxylic acids is 1. The Hall–Kier alpha value is -3.42. The van der Waals surface area contributed by atoms with E-state index in [0.717, 1.165) is 22.5 Å². The number of thiazole rings is 1. The molecule has 0 bridgehead atoms. The molecule has 1 amide bonds. The normalized spacial score (nSPS) is 10.6. The van der Waals surface area contributed by atoms with Gasteiger partial charge in [-0.3, -0.25) is 4.79 Å². The highest BCUT2D eigenvalue weighted by Gasteiger charge is 2.21. The topological polar surface area (TPSA) is 90.1 Å². The van der Waals surface area contributed by atoms with E-state index in [2.05, 4.69) is 15.3 Å². The molecule has 0 radical (unpaired) electrons. The summed E-state index contributed by atoms with van der Waals surface area (Å²) in [5, 5.41) is 4.12. The van der Waals surface area contributed by atoms with Gasteiger partial charge in [-0.25, -0.2) is 9.97 Å². The molecule has 156 valence electrons. The summed E-state index contributed by atoms with van der Waals surface area (Å²) in [6.07, 6.45) is 1.65. The van der Waals surface area contributed by atoms with Gasteiger partial charge in [0, 0.05) is 11.8 Å².